The van der Waals surface area contributed by atoms with Gasteiger partial charge < -0.3 is 4.90 Å². The summed E-state index contributed by atoms with van der Waals surface area (Å²) in [4.78, 5) is 18.7. The fourth-order valence-electron chi connectivity index (χ4n) is 2.53. The lowest BCUT2D eigenvalue weighted by Gasteiger charge is -2.36. The van der Waals surface area contributed by atoms with E-state index in [0.717, 1.165) is 25.1 Å². The maximum Gasteiger partial charge on any atom is 0.227 e. The smallest absolute Gasteiger partial charge is 0.227 e. The fourth-order valence-corrected chi connectivity index (χ4v) is 2.79. The Balaban J connectivity index is 2.14. The van der Waals surface area contributed by atoms with Crippen molar-refractivity contribution < 1.29 is 4.79 Å². The predicted molar refractivity (Wildman–Crippen MR) is 82.3 cm³/mol. The minimum atomic E-state index is -0.340. The quantitative estimate of drug-likeness (QED) is 0.780. The third-order valence-corrected chi connectivity index (χ3v) is 4.31. The number of carbonyl (C=O) groups is 1. The molecule has 110 valence electrons. The zero-order valence-corrected chi connectivity index (χ0v) is 13.6. The minimum Gasteiger partial charge on any atom is -0.342 e. The standard InChI is InChI=1S/C15H20Cl2N2O/c1-15(2,3)14(20)19-6-4-5-10(9-19)13-7-11(16)12(17)8-18-13/h7-8,10H,4-6,9H2,1-3H3. The summed E-state index contributed by atoms with van der Waals surface area (Å²) in [5.41, 5.74) is 0.582. The monoisotopic (exact) mass is 314 g/mol. The minimum absolute atomic E-state index is 0.197. The van der Waals surface area contributed by atoms with E-state index in [1.54, 1.807) is 6.20 Å². The molecule has 1 aromatic heterocycles. The summed E-state index contributed by atoms with van der Waals surface area (Å²) in [5.74, 6) is 0.437. The number of carbonyl (C=O) groups excluding carboxylic acids is 1. The molecule has 1 amide bonds. The number of nitrogens with zero attached hydrogens (tertiary/aromatic N) is 2. The maximum atomic E-state index is 12.4. The van der Waals surface area contributed by atoms with Crippen LogP contribution in [0.15, 0.2) is 12.3 Å². The zero-order chi connectivity index (χ0) is 14.9. The zero-order valence-electron chi connectivity index (χ0n) is 12.1. The van der Waals surface area contributed by atoms with E-state index < -0.39 is 0 Å². The van der Waals surface area contributed by atoms with E-state index in [1.165, 1.54) is 0 Å². The highest BCUT2D eigenvalue weighted by atomic mass is 35.5. The SMILES string of the molecule is CC(C)(C)C(=O)N1CCCC(c2cc(Cl)c(Cl)cn2)C1. The van der Waals surface area contributed by atoms with Crippen LogP contribution in [0.3, 0.4) is 0 Å². The molecular formula is C15H20Cl2N2O. The summed E-state index contributed by atoms with van der Waals surface area (Å²) >= 11 is 12.0. The molecule has 0 radical (unpaired) electrons. The van der Waals surface area contributed by atoms with Crippen molar-refractivity contribution in [3.63, 3.8) is 0 Å². The van der Waals surface area contributed by atoms with Gasteiger partial charge in [-0.1, -0.05) is 44.0 Å². The lowest BCUT2D eigenvalue weighted by atomic mass is 9.90. The fraction of sp³-hybridized carbons (Fsp3) is 0.600. The molecule has 1 saturated heterocycles. The molecule has 0 N–H and O–H groups in total. The number of halogens is 2. The molecule has 1 fully saturated rings. The van der Waals surface area contributed by atoms with Gasteiger partial charge in [0.1, 0.15) is 0 Å². The Morgan fingerprint density at radius 2 is 2.05 bits per heavy atom. The number of hydrogen-bond donors (Lipinski definition) is 0. The highest BCUT2D eigenvalue weighted by Crippen LogP contribution is 2.31. The van der Waals surface area contributed by atoms with Gasteiger partial charge in [-0.25, -0.2) is 0 Å². The Labute approximate surface area is 130 Å². The number of pyridine rings is 1. The molecule has 1 aliphatic rings. The molecule has 2 rings (SSSR count). The van der Waals surface area contributed by atoms with Crippen LogP contribution in [0.1, 0.15) is 45.2 Å². The van der Waals surface area contributed by atoms with Crippen molar-refractivity contribution in [1.29, 1.82) is 0 Å². The van der Waals surface area contributed by atoms with Gasteiger partial charge in [0.25, 0.3) is 0 Å². The van der Waals surface area contributed by atoms with Gasteiger partial charge >= 0.3 is 0 Å². The highest BCUT2D eigenvalue weighted by molar-refractivity contribution is 6.41. The molecule has 1 unspecified atom stereocenters. The second-order valence-corrected chi connectivity index (χ2v) is 7.18. The van der Waals surface area contributed by atoms with Crippen LogP contribution >= 0.6 is 23.2 Å². The van der Waals surface area contributed by atoms with Gasteiger partial charge in [-0.3, -0.25) is 9.78 Å². The van der Waals surface area contributed by atoms with E-state index in [4.69, 9.17) is 23.2 Å². The van der Waals surface area contributed by atoms with Crippen LogP contribution in [0.4, 0.5) is 0 Å². The first-order valence-electron chi connectivity index (χ1n) is 6.89. The van der Waals surface area contributed by atoms with Gasteiger partial charge in [0, 0.05) is 36.3 Å². The highest BCUT2D eigenvalue weighted by Gasteiger charge is 2.31. The molecule has 3 nitrogen and oxygen atoms in total. The van der Waals surface area contributed by atoms with E-state index in [-0.39, 0.29) is 17.2 Å². The van der Waals surface area contributed by atoms with Gasteiger partial charge in [-0.2, -0.15) is 0 Å². The van der Waals surface area contributed by atoms with Crippen molar-refractivity contribution in [2.75, 3.05) is 13.1 Å². The van der Waals surface area contributed by atoms with E-state index in [9.17, 15) is 4.79 Å². The number of likely N-dealkylation sites (tertiary alicyclic amines) is 1. The van der Waals surface area contributed by atoms with Gasteiger partial charge in [-0.05, 0) is 18.9 Å². The molecule has 1 aromatic rings. The molecule has 20 heavy (non-hydrogen) atoms. The van der Waals surface area contributed by atoms with Crippen LogP contribution in [0.25, 0.3) is 0 Å². The second-order valence-electron chi connectivity index (χ2n) is 6.36. The van der Waals surface area contributed by atoms with E-state index >= 15 is 0 Å². The number of piperidine rings is 1. The summed E-state index contributed by atoms with van der Waals surface area (Å²) in [6.45, 7) is 7.40. The van der Waals surface area contributed by atoms with Crippen LogP contribution in [0, 0.1) is 5.41 Å². The number of amides is 1. The van der Waals surface area contributed by atoms with Crippen LogP contribution in [0.5, 0.6) is 0 Å². The first kappa shape index (κ1) is 15.6. The average molecular weight is 315 g/mol. The van der Waals surface area contributed by atoms with Gasteiger partial charge in [-0.15, -0.1) is 0 Å². The van der Waals surface area contributed by atoms with Crippen molar-refractivity contribution in [3.05, 3.63) is 28.0 Å². The van der Waals surface area contributed by atoms with E-state index in [1.807, 2.05) is 31.7 Å². The second kappa shape index (κ2) is 5.90. The molecule has 0 spiro atoms. The van der Waals surface area contributed by atoms with Crippen molar-refractivity contribution >= 4 is 29.1 Å². The summed E-state index contributed by atoms with van der Waals surface area (Å²) < 4.78 is 0. The Bertz CT molecular complexity index is 511. The average Bonchev–Trinajstić information content (AvgIpc) is 2.40. The first-order chi connectivity index (χ1) is 9.29. The van der Waals surface area contributed by atoms with Gasteiger partial charge in [0.05, 0.1) is 10.0 Å². The number of rotatable bonds is 1. The largest absolute Gasteiger partial charge is 0.342 e. The Kier molecular flexibility index (Phi) is 4.60. The Morgan fingerprint density at radius 3 is 2.65 bits per heavy atom. The Hall–Kier alpha value is -0.800. The molecule has 2 heterocycles. The summed E-state index contributed by atoms with van der Waals surface area (Å²) in [5, 5.41) is 0.991. The molecule has 0 saturated carbocycles. The van der Waals surface area contributed by atoms with Crippen LogP contribution in [-0.2, 0) is 4.79 Å². The maximum absolute atomic E-state index is 12.4. The summed E-state index contributed by atoms with van der Waals surface area (Å²) in [6.07, 6.45) is 3.61. The van der Waals surface area contributed by atoms with Crippen molar-refractivity contribution in [3.8, 4) is 0 Å². The topological polar surface area (TPSA) is 33.2 Å². The number of aromatic nitrogens is 1. The molecule has 1 atom stereocenters. The van der Waals surface area contributed by atoms with E-state index in [0.29, 0.717) is 16.6 Å². The van der Waals surface area contributed by atoms with Gasteiger partial charge in [0.2, 0.25) is 5.91 Å². The van der Waals surface area contributed by atoms with Crippen LogP contribution < -0.4 is 0 Å². The molecule has 0 aromatic carbocycles. The van der Waals surface area contributed by atoms with Crippen molar-refractivity contribution in [2.24, 2.45) is 5.41 Å². The Morgan fingerprint density at radius 1 is 1.35 bits per heavy atom. The van der Waals surface area contributed by atoms with Crippen LogP contribution in [-0.4, -0.2) is 28.9 Å². The first-order valence-corrected chi connectivity index (χ1v) is 7.65. The molecule has 0 bridgehead atoms. The molecule has 5 heteroatoms. The molecular weight excluding hydrogens is 295 g/mol. The molecule has 0 aliphatic carbocycles. The van der Waals surface area contributed by atoms with Crippen LogP contribution in [0.2, 0.25) is 10.0 Å². The molecule has 1 aliphatic heterocycles. The third-order valence-electron chi connectivity index (χ3n) is 3.60. The van der Waals surface area contributed by atoms with Crippen molar-refractivity contribution in [2.45, 2.75) is 39.5 Å². The third kappa shape index (κ3) is 3.44. The predicted octanol–water partition coefficient (Wildman–Crippen LogP) is 4.14. The normalized spacial score (nSPS) is 20.1. The van der Waals surface area contributed by atoms with Crippen molar-refractivity contribution in [1.82, 2.24) is 9.88 Å². The lowest BCUT2D eigenvalue weighted by molar-refractivity contribution is -0.140. The summed E-state index contributed by atoms with van der Waals surface area (Å²) in [6, 6.07) is 1.82. The summed E-state index contributed by atoms with van der Waals surface area (Å²) in [7, 11) is 0. The lowest BCUT2D eigenvalue weighted by Crippen LogP contribution is -2.44. The van der Waals surface area contributed by atoms with Gasteiger partial charge in [0.15, 0.2) is 0 Å². The number of hydrogen-bond acceptors (Lipinski definition) is 2. The van der Waals surface area contributed by atoms with E-state index in [2.05, 4.69) is 4.98 Å².